The number of aliphatic imine (C=N–C) groups is 1. The number of nitrogens with zero attached hydrogens (tertiary/aromatic N) is 2. The van der Waals surface area contributed by atoms with E-state index in [0.29, 0.717) is 29.3 Å². The number of anilines is 1. The second kappa shape index (κ2) is 12.3. The molecule has 2 fully saturated rings. The van der Waals surface area contributed by atoms with Crippen LogP contribution in [0.3, 0.4) is 0 Å². The molecule has 228 valence electrons. The van der Waals surface area contributed by atoms with E-state index in [-0.39, 0.29) is 47.3 Å². The van der Waals surface area contributed by atoms with Crippen LogP contribution in [0, 0.1) is 17.6 Å². The Morgan fingerprint density at radius 3 is 2.70 bits per heavy atom. The summed E-state index contributed by atoms with van der Waals surface area (Å²) in [4.78, 5) is 31.3. The lowest BCUT2D eigenvalue weighted by Crippen LogP contribution is -2.30. The molecule has 0 radical (unpaired) electrons. The number of carbonyl (C=O) groups is 2. The van der Waals surface area contributed by atoms with Crippen molar-refractivity contribution in [3.8, 4) is 17.0 Å². The first-order chi connectivity index (χ1) is 21.3. The molecule has 3 heterocycles. The van der Waals surface area contributed by atoms with Crippen LogP contribution in [0.4, 0.5) is 14.5 Å². The quantitative estimate of drug-likeness (QED) is 0.128. The number of pyridine rings is 1. The summed E-state index contributed by atoms with van der Waals surface area (Å²) in [5.74, 6) is 0.0522. The number of hydrogen-bond donors (Lipinski definition) is 3. The van der Waals surface area contributed by atoms with E-state index in [4.69, 9.17) is 20.2 Å². The number of carbonyl (C=O) groups excluding carboxylic acids is 2. The maximum absolute atomic E-state index is 14.6. The first kappa shape index (κ1) is 29.7. The van der Waals surface area contributed by atoms with Crippen molar-refractivity contribution >= 4 is 45.6 Å². The largest absolute Gasteiger partial charge is 0.490 e. The van der Waals surface area contributed by atoms with Gasteiger partial charge >= 0.3 is 0 Å². The lowest BCUT2D eigenvalue weighted by Gasteiger charge is -2.20. The maximum atomic E-state index is 14.6. The highest BCUT2D eigenvalue weighted by Gasteiger charge is 2.36. The fourth-order valence-corrected chi connectivity index (χ4v) is 6.53. The summed E-state index contributed by atoms with van der Waals surface area (Å²) < 4.78 is 35.8. The lowest BCUT2D eigenvalue weighted by atomic mass is 9.93. The summed E-state index contributed by atoms with van der Waals surface area (Å²) >= 11 is 1.36. The van der Waals surface area contributed by atoms with Gasteiger partial charge in [0, 0.05) is 63.3 Å². The van der Waals surface area contributed by atoms with E-state index < -0.39 is 5.82 Å². The Balaban J connectivity index is 0.00000110. The molecule has 7 rings (SSSR count). The topological polar surface area (TPSA) is 133 Å². The highest BCUT2D eigenvalue weighted by molar-refractivity contribution is 7.17. The number of thiophene rings is 1. The molecule has 5 N–H and O–H groups in total. The average Bonchev–Trinajstić information content (AvgIpc) is 3.94. The Hall–Kier alpha value is -4.38. The number of ether oxygens (including phenoxy) is 1. The first-order valence-electron chi connectivity index (χ1n) is 14.7. The van der Waals surface area contributed by atoms with Crippen LogP contribution in [0.2, 0.25) is 0 Å². The zero-order valence-corrected chi connectivity index (χ0v) is 25.0. The van der Waals surface area contributed by atoms with Crippen molar-refractivity contribution in [3.05, 3.63) is 75.8 Å². The van der Waals surface area contributed by atoms with Crippen molar-refractivity contribution in [1.29, 1.82) is 0 Å². The molecule has 2 aliphatic carbocycles. The third kappa shape index (κ3) is 6.01. The number of rotatable bonds is 8. The summed E-state index contributed by atoms with van der Waals surface area (Å²) in [6.45, 7) is 3.04. The van der Waals surface area contributed by atoms with Crippen LogP contribution in [0.15, 0.2) is 46.8 Å². The first-order valence-corrected chi connectivity index (χ1v) is 15.6. The molecular weight excluding hydrogens is 584 g/mol. The minimum atomic E-state index is -0.632. The second-order valence-corrected chi connectivity index (χ2v) is 12.4. The van der Waals surface area contributed by atoms with Crippen LogP contribution >= 0.6 is 11.3 Å². The Morgan fingerprint density at radius 2 is 1.98 bits per heavy atom. The number of nitrogens with two attached hydrogens (primary N) is 2. The minimum Gasteiger partial charge on any atom is -0.490 e. The van der Waals surface area contributed by atoms with Crippen LogP contribution in [-0.4, -0.2) is 42.7 Å². The van der Waals surface area contributed by atoms with Crippen LogP contribution in [-0.2, 0) is 4.79 Å². The third-order valence-electron chi connectivity index (χ3n) is 8.29. The van der Waals surface area contributed by atoms with Crippen molar-refractivity contribution in [2.24, 2.45) is 16.6 Å². The van der Waals surface area contributed by atoms with Gasteiger partial charge in [0.15, 0.2) is 0 Å². The lowest BCUT2D eigenvalue weighted by molar-refractivity contribution is -0.106. The Labute approximate surface area is 257 Å². The number of primary amides is 1. The normalized spacial score (nSPS) is 17.9. The highest BCUT2D eigenvalue weighted by atomic mass is 32.1. The molecule has 11 heteroatoms. The van der Waals surface area contributed by atoms with Crippen LogP contribution in [0.25, 0.3) is 21.3 Å². The van der Waals surface area contributed by atoms with Gasteiger partial charge in [-0.15, -0.1) is 11.3 Å². The molecule has 4 aromatic rings. The molecule has 0 saturated heterocycles. The van der Waals surface area contributed by atoms with Gasteiger partial charge in [0.1, 0.15) is 23.1 Å². The molecule has 2 atom stereocenters. The third-order valence-corrected chi connectivity index (χ3v) is 9.29. The number of nitrogen functional groups attached to an aromatic ring is 1. The maximum Gasteiger partial charge on any atom is 0.251 e. The molecule has 0 bridgehead atoms. The summed E-state index contributed by atoms with van der Waals surface area (Å²) in [6.07, 6.45) is 5.95. The summed E-state index contributed by atoms with van der Waals surface area (Å²) in [6, 6.07) is 10.2. The van der Waals surface area contributed by atoms with Gasteiger partial charge < -0.3 is 21.5 Å². The van der Waals surface area contributed by atoms with Gasteiger partial charge in [0.2, 0.25) is 6.41 Å². The Morgan fingerprint density at radius 1 is 1.20 bits per heavy atom. The fraction of sp³-hybridized carbons (Fsp3) is 0.333. The summed E-state index contributed by atoms with van der Waals surface area (Å²) in [5.41, 5.74) is 14.2. The predicted molar refractivity (Wildman–Crippen MR) is 168 cm³/mol. The van der Waals surface area contributed by atoms with Crippen molar-refractivity contribution < 1.29 is 23.1 Å². The van der Waals surface area contributed by atoms with Gasteiger partial charge in [0.05, 0.1) is 23.0 Å². The predicted octanol–water partition coefficient (Wildman–Crippen LogP) is 5.93. The Kier molecular flexibility index (Phi) is 8.31. The van der Waals surface area contributed by atoms with Crippen molar-refractivity contribution in [3.63, 3.8) is 0 Å². The molecule has 2 saturated carbocycles. The van der Waals surface area contributed by atoms with E-state index in [2.05, 4.69) is 29.0 Å². The van der Waals surface area contributed by atoms with Crippen LogP contribution < -0.4 is 21.5 Å². The number of aromatic nitrogens is 1. The smallest absolute Gasteiger partial charge is 0.251 e. The number of hydrogen-bond acceptors (Lipinski definition) is 7. The van der Waals surface area contributed by atoms with Gasteiger partial charge in [0.25, 0.3) is 5.91 Å². The molecular formula is C33H33F2N5O3S. The van der Waals surface area contributed by atoms with Crippen molar-refractivity contribution in [1.82, 2.24) is 10.3 Å². The van der Waals surface area contributed by atoms with Gasteiger partial charge in [-0.25, -0.2) is 13.8 Å². The Bertz CT molecular complexity index is 1770. The SMILES string of the molecule is CC1COc2c1cc(C(CNC(=O)c1cc(F)c(N)c(C=NC3CC3)c1)C1CC1)nc2-c1csc2c(F)cccc12.NC=O. The number of amides is 2. The fourth-order valence-electron chi connectivity index (χ4n) is 5.57. The zero-order chi connectivity index (χ0) is 31.0. The molecule has 3 aliphatic rings. The molecule has 2 unspecified atom stereocenters. The minimum absolute atomic E-state index is 0.00569. The standard InChI is InChI=1S/C32H30F2N4O2S.CH3NO/c1-16-14-40-30-22(16)11-27(38-29(30)24-15-41-31-21(24)3-2-4-25(31)33)23(17-5-6-17)13-37-32(39)18-9-19(12-36-20-7-8-20)28(35)26(34)10-18;2-1-3/h2-4,9-12,15-17,20,23H,5-8,13-14,35H2,1H3,(H,37,39);1H,(H2,2,3). The molecule has 2 aromatic heterocycles. The van der Waals surface area contributed by atoms with E-state index in [1.165, 1.54) is 23.5 Å². The van der Waals surface area contributed by atoms with Gasteiger partial charge in [-0.1, -0.05) is 19.1 Å². The molecule has 44 heavy (non-hydrogen) atoms. The van der Waals surface area contributed by atoms with E-state index in [1.807, 2.05) is 11.4 Å². The van der Waals surface area contributed by atoms with E-state index in [0.717, 1.165) is 59.3 Å². The number of halogens is 2. The summed E-state index contributed by atoms with van der Waals surface area (Å²) in [5, 5.41) is 5.79. The molecule has 1 aliphatic heterocycles. The monoisotopic (exact) mass is 617 g/mol. The zero-order valence-electron chi connectivity index (χ0n) is 24.2. The molecule has 8 nitrogen and oxygen atoms in total. The van der Waals surface area contributed by atoms with Crippen molar-refractivity contribution in [2.45, 2.75) is 50.5 Å². The molecule has 2 aromatic carbocycles. The summed E-state index contributed by atoms with van der Waals surface area (Å²) in [7, 11) is 0. The van der Waals surface area contributed by atoms with E-state index in [1.54, 1.807) is 18.3 Å². The van der Waals surface area contributed by atoms with Crippen LogP contribution in [0.5, 0.6) is 5.75 Å². The molecule has 0 spiro atoms. The van der Waals surface area contributed by atoms with Crippen LogP contribution in [0.1, 0.15) is 71.6 Å². The van der Waals surface area contributed by atoms with E-state index >= 15 is 0 Å². The van der Waals surface area contributed by atoms with Crippen molar-refractivity contribution in [2.75, 3.05) is 18.9 Å². The van der Waals surface area contributed by atoms with Gasteiger partial charge in [-0.3, -0.25) is 14.6 Å². The molecule has 2 amide bonds. The van der Waals surface area contributed by atoms with Gasteiger partial charge in [-0.05, 0) is 55.9 Å². The van der Waals surface area contributed by atoms with E-state index in [9.17, 15) is 13.6 Å². The average molecular weight is 618 g/mol. The second-order valence-electron chi connectivity index (χ2n) is 11.6. The highest BCUT2D eigenvalue weighted by Crippen LogP contribution is 2.48. The number of nitrogens with one attached hydrogen (secondary N) is 1. The van der Waals surface area contributed by atoms with Gasteiger partial charge in [-0.2, -0.15) is 0 Å². The number of benzene rings is 2. The number of fused-ring (bicyclic) bond motifs is 2.